The molecule has 0 amide bonds. The number of esters is 2. The van der Waals surface area contributed by atoms with Crippen molar-refractivity contribution in [2.24, 2.45) is 0 Å². The van der Waals surface area contributed by atoms with Crippen LogP contribution >= 0.6 is 0 Å². The lowest BCUT2D eigenvalue weighted by Crippen LogP contribution is -2.08. The summed E-state index contributed by atoms with van der Waals surface area (Å²) in [5.41, 5.74) is 1.39. The molecule has 0 aromatic heterocycles. The number of benzene rings is 7. The average Bonchev–Trinajstić information content (AvgIpc) is 2.85. The fourth-order valence-electron chi connectivity index (χ4n) is 3.90. The highest BCUT2D eigenvalue weighted by Gasteiger charge is 2.18. The van der Waals surface area contributed by atoms with Gasteiger partial charge in [-0.25, -0.2) is 9.59 Å². The monoisotopic (exact) mass is 426 g/mol. The lowest BCUT2D eigenvalue weighted by Gasteiger charge is -2.14. The van der Waals surface area contributed by atoms with E-state index in [1.807, 2.05) is 74.5 Å². The molecule has 0 saturated heterocycles. The van der Waals surface area contributed by atoms with Gasteiger partial charge in [-0.15, -0.1) is 0 Å². The second-order valence-electron chi connectivity index (χ2n) is 7.72. The van der Waals surface area contributed by atoms with Crippen molar-refractivity contribution < 1.29 is 19.1 Å². The molecule has 0 saturated carbocycles. The third-order valence-electron chi connectivity index (χ3n) is 5.42. The van der Waals surface area contributed by atoms with Crippen molar-refractivity contribution in [2.45, 2.75) is 26.7 Å². The molecule has 0 atom stereocenters. The Balaban J connectivity index is 0.000000153. The Bertz CT molecular complexity index is 1270. The molecule has 4 nitrogen and oxygen atoms in total. The molecular weight excluding hydrogens is 400 g/mol. The molecule has 162 valence electrons. The number of rotatable bonds is 6. The van der Waals surface area contributed by atoms with Crippen molar-refractivity contribution in [1.29, 1.82) is 0 Å². The van der Waals surface area contributed by atoms with E-state index < -0.39 is 0 Å². The van der Waals surface area contributed by atoms with Gasteiger partial charge >= 0.3 is 11.9 Å². The van der Waals surface area contributed by atoms with E-state index in [0.717, 1.165) is 50.7 Å². The second-order valence-corrected chi connectivity index (χ2v) is 7.72. The molecule has 0 N–H and O–H groups in total. The fourth-order valence-corrected chi connectivity index (χ4v) is 3.90. The van der Waals surface area contributed by atoms with Crippen molar-refractivity contribution in [1.82, 2.24) is 0 Å². The van der Waals surface area contributed by atoms with Crippen LogP contribution in [0, 0.1) is 0 Å². The molecule has 0 unspecified atom stereocenters. The number of carbonyl (C=O) groups is 2. The van der Waals surface area contributed by atoms with Gasteiger partial charge in [0.2, 0.25) is 0 Å². The van der Waals surface area contributed by atoms with Crippen molar-refractivity contribution in [2.75, 3.05) is 13.2 Å². The summed E-state index contributed by atoms with van der Waals surface area (Å²) in [5, 5.41) is 6.27. The number of hydrogen-bond donors (Lipinski definition) is 0. The van der Waals surface area contributed by atoms with Crippen LogP contribution in [0.3, 0.4) is 0 Å². The number of fused-ring (bicyclic) bond motifs is 3. The zero-order valence-electron chi connectivity index (χ0n) is 18.4. The molecule has 0 aliphatic carbocycles. The van der Waals surface area contributed by atoms with Gasteiger partial charge in [0, 0.05) is 0 Å². The van der Waals surface area contributed by atoms with Crippen LogP contribution in [0.5, 0.6) is 0 Å². The van der Waals surface area contributed by atoms with Gasteiger partial charge < -0.3 is 9.47 Å². The summed E-state index contributed by atoms with van der Waals surface area (Å²) >= 11 is 0. The summed E-state index contributed by atoms with van der Waals surface area (Å²) in [6.45, 7) is 4.94. The van der Waals surface area contributed by atoms with Gasteiger partial charge in [0.05, 0.1) is 24.3 Å². The molecule has 0 spiro atoms. The van der Waals surface area contributed by atoms with Gasteiger partial charge in [-0.3, -0.25) is 0 Å². The smallest absolute Gasteiger partial charge is 0.339 e. The SMILES string of the molecule is CCCOC(=O)c1c2ccc3cc2ccc13.CCCOC(=O)c1cccc2ccccc12. The van der Waals surface area contributed by atoms with Crippen molar-refractivity contribution in [3.63, 3.8) is 0 Å². The number of carbonyl (C=O) groups excluding carboxylic acids is 2. The molecule has 7 aromatic rings. The molecule has 7 rings (SSSR count). The first kappa shape index (κ1) is 21.6. The molecule has 7 aromatic carbocycles. The Kier molecular flexibility index (Phi) is 6.50. The Labute approximate surface area is 187 Å². The summed E-state index contributed by atoms with van der Waals surface area (Å²) in [6.07, 6.45) is 1.70. The standard InChI is InChI=1S/C14H12O2.C14H14O2/c1-2-7-16-14(15)13-11-5-3-9-8-10(11)4-6-12(9)13;1-2-10-16-14(15)13-9-5-7-11-6-3-4-8-12(11)13/h3-6,8H,2,7H2,1H3;3-9H,2,10H2,1H3. The largest absolute Gasteiger partial charge is 0.462 e. The van der Waals surface area contributed by atoms with E-state index in [1.54, 1.807) is 6.07 Å². The third kappa shape index (κ3) is 4.22. The van der Waals surface area contributed by atoms with E-state index in [-0.39, 0.29) is 11.9 Å². The first-order chi connectivity index (χ1) is 15.6. The summed E-state index contributed by atoms with van der Waals surface area (Å²) < 4.78 is 10.4. The predicted molar refractivity (Wildman–Crippen MR) is 129 cm³/mol. The lowest BCUT2D eigenvalue weighted by atomic mass is 9.92. The molecular formula is C28H26O4. The zero-order chi connectivity index (χ0) is 22.5. The maximum Gasteiger partial charge on any atom is 0.339 e. The number of hydrogen-bond acceptors (Lipinski definition) is 4. The normalized spacial score (nSPS) is 10.9. The minimum atomic E-state index is -0.237. The van der Waals surface area contributed by atoms with Gasteiger partial charge in [0.1, 0.15) is 0 Å². The molecule has 0 radical (unpaired) electrons. The Hall–Kier alpha value is -3.66. The Morgan fingerprint density at radius 1 is 0.625 bits per heavy atom. The molecule has 0 aliphatic rings. The minimum absolute atomic E-state index is 0.191. The van der Waals surface area contributed by atoms with Gasteiger partial charge in [0.25, 0.3) is 0 Å². The Morgan fingerprint density at radius 3 is 1.88 bits per heavy atom. The first-order valence-corrected chi connectivity index (χ1v) is 11.0. The summed E-state index contributed by atoms with van der Waals surface area (Å²) in [6, 6.07) is 23.7. The van der Waals surface area contributed by atoms with Crippen LogP contribution in [0.15, 0.2) is 72.8 Å². The molecule has 0 aliphatic heterocycles. The molecule has 0 heterocycles. The van der Waals surface area contributed by atoms with Crippen LogP contribution in [-0.2, 0) is 9.47 Å². The highest BCUT2D eigenvalue weighted by atomic mass is 16.5. The summed E-state index contributed by atoms with van der Waals surface area (Å²) in [4.78, 5) is 23.7. The third-order valence-corrected chi connectivity index (χ3v) is 5.42. The van der Waals surface area contributed by atoms with Gasteiger partial charge in [-0.1, -0.05) is 74.5 Å². The van der Waals surface area contributed by atoms with E-state index in [2.05, 4.69) is 6.07 Å². The lowest BCUT2D eigenvalue weighted by molar-refractivity contribution is 0.0499. The molecule has 4 heteroatoms. The second kappa shape index (κ2) is 9.65. The van der Waals surface area contributed by atoms with Crippen molar-refractivity contribution >= 4 is 44.3 Å². The molecule has 0 fully saturated rings. The zero-order valence-corrected chi connectivity index (χ0v) is 18.4. The van der Waals surface area contributed by atoms with E-state index in [0.29, 0.717) is 18.8 Å². The maximum absolute atomic E-state index is 11.9. The van der Waals surface area contributed by atoms with E-state index in [9.17, 15) is 9.59 Å². The highest BCUT2D eigenvalue weighted by molar-refractivity contribution is 6.19. The highest BCUT2D eigenvalue weighted by Crippen LogP contribution is 2.33. The van der Waals surface area contributed by atoms with Crippen LogP contribution in [0.1, 0.15) is 47.4 Å². The fraction of sp³-hybridized carbons (Fsp3) is 0.214. The van der Waals surface area contributed by atoms with Crippen LogP contribution in [0.2, 0.25) is 0 Å². The summed E-state index contributed by atoms with van der Waals surface area (Å²) in [7, 11) is 0. The quantitative estimate of drug-likeness (QED) is 0.279. The first-order valence-electron chi connectivity index (χ1n) is 11.0. The van der Waals surface area contributed by atoms with Crippen LogP contribution < -0.4 is 0 Å². The average molecular weight is 427 g/mol. The summed E-state index contributed by atoms with van der Waals surface area (Å²) in [5.74, 6) is -0.428. The number of ether oxygens (including phenoxy) is 2. The van der Waals surface area contributed by atoms with E-state index in [1.165, 1.54) is 0 Å². The van der Waals surface area contributed by atoms with Crippen LogP contribution in [-0.4, -0.2) is 25.2 Å². The van der Waals surface area contributed by atoms with Gasteiger partial charge in [-0.05, 0) is 57.3 Å². The van der Waals surface area contributed by atoms with E-state index in [4.69, 9.17) is 9.47 Å². The van der Waals surface area contributed by atoms with Crippen LogP contribution in [0.25, 0.3) is 32.3 Å². The topological polar surface area (TPSA) is 52.6 Å². The predicted octanol–water partition coefficient (Wildman–Crippen LogP) is 6.84. The van der Waals surface area contributed by atoms with E-state index >= 15 is 0 Å². The molecule has 4 bridgehead atoms. The Morgan fingerprint density at radius 2 is 1.22 bits per heavy atom. The van der Waals surface area contributed by atoms with Crippen LogP contribution in [0.4, 0.5) is 0 Å². The maximum atomic E-state index is 11.9. The minimum Gasteiger partial charge on any atom is -0.462 e. The molecule has 32 heavy (non-hydrogen) atoms. The van der Waals surface area contributed by atoms with Gasteiger partial charge in [0.15, 0.2) is 0 Å². The van der Waals surface area contributed by atoms with Crippen molar-refractivity contribution in [3.05, 3.63) is 83.9 Å². The van der Waals surface area contributed by atoms with Crippen molar-refractivity contribution in [3.8, 4) is 0 Å². The van der Waals surface area contributed by atoms with Gasteiger partial charge in [-0.2, -0.15) is 0 Å².